The van der Waals surface area contributed by atoms with E-state index in [0.29, 0.717) is 5.56 Å². The molecule has 0 saturated heterocycles. The molecule has 1 rings (SSSR count). The molecule has 1 aromatic rings. The molecular formula is C14H21NO3. The number of aliphatic hydroxyl groups excluding tert-OH is 2. The zero-order valence-corrected chi connectivity index (χ0v) is 10.8. The van der Waals surface area contributed by atoms with Gasteiger partial charge in [0, 0.05) is 6.54 Å². The molecule has 1 aromatic carbocycles. The molecule has 0 saturated carbocycles. The van der Waals surface area contributed by atoms with Crippen molar-refractivity contribution in [2.24, 2.45) is 5.92 Å². The Morgan fingerprint density at radius 2 is 1.89 bits per heavy atom. The lowest BCUT2D eigenvalue weighted by Crippen LogP contribution is -2.37. The summed E-state index contributed by atoms with van der Waals surface area (Å²) in [6.07, 6.45) is -0.921. The Hall–Kier alpha value is -1.39. The molecule has 0 aromatic heterocycles. The zero-order valence-electron chi connectivity index (χ0n) is 10.8. The van der Waals surface area contributed by atoms with E-state index in [9.17, 15) is 15.0 Å². The van der Waals surface area contributed by atoms with E-state index in [1.54, 1.807) is 24.3 Å². The third-order valence-corrected chi connectivity index (χ3v) is 3.15. The van der Waals surface area contributed by atoms with Gasteiger partial charge in [-0.1, -0.05) is 50.6 Å². The minimum atomic E-state index is -1.18. The summed E-state index contributed by atoms with van der Waals surface area (Å²) in [5, 5.41) is 22.1. The first-order valence-electron chi connectivity index (χ1n) is 6.25. The Morgan fingerprint density at radius 3 is 2.44 bits per heavy atom. The van der Waals surface area contributed by atoms with E-state index >= 15 is 0 Å². The highest BCUT2D eigenvalue weighted by molar-refractivity contribution is 5.81. The number of nitrogens with one attached hydrogen (secondary N) is 1. The van der Waals surface area contributed by atoms with Crippen LogP contribution >= 0.6 is 0 Å². The number of amides is 1. The van der Waals surface area contributed by atoms with E-state index in [0.717, 1.165) is 6.42 Å². The van der Waals surface area contributed by atoms with E-state index in [-0.39, 0.29) is 12.5 Å². The fourth-order valence-electron chi connectivity index (χ4n) is 1.56. The van der Waals surface area contributed by atoms with Gasteiger partial charge < -0.3 is 15.5 Å². The molecule has 0 spiro atoms. The van der Waals surface area contributed by atoms with Crippen molar-refractivity contribution < 1.29 is 15.0 Å². The van der Waals surface area contributed by atoms with Crippen molar-refractivity contribution >= 4 is 5.91 Å². The van der Waals surface area contributed by atoms with Gasteiger partial charge in [0.2, 0.25) is 0 Å². The van der Waals surface area contributed by atoms with Crippen molar-refractivity contribution in [2.75, 3.05) is 6.54 Å². The van der Waals surface area contributed by atoms with Crippen LogP contribution in [0.2, 0.25) is 0 Å². The summed E-state index contributed by atoms with van der Waals surface area (Å²) in [5.74, 6) is -0.359. The average molecular weight is 251 g/mol. The predicted octanol–water partition coefficient (Wildman–Crippen LogP) is 1.24. The van der Waals surface area contributed by atoms with Crippen molar-refractivity contribution in [1.29, 1.82) is 0 Å². The largest absolute Gasteiger partial charge is 0.391 e. The molecule has 4 heteroatoms. The van der Waals surface area contributed by atoms with Gasteiger partial charge in [-0.05, 0) is 11.5 Å². The second-order valence-electron chi connectivity index (χ2n) is 4.51. The molecular weight excluding hydrogens is 230 g/mol. The van der Waals surface area contributed by atoms with Gasteiger partial charge in [-0.2, -0.15) is 0 Å². The maximum atomic E-state index is 11.7. The van der Waals surface area contributed by atoms with Crippen LogP contribution in [-0.4, -0.2) is 28.8 Å². The first kappa shape index (κ1) is 14.7. The molecule has 18 heavy (non-hydrogen) atoms. The van der Waals surface area contributed by atoms with Crippen LogP contribution in [0.15, 0.2) is 30.3 Å². The zero-order chi connectivity index (χ0) is 13.5. The van der Waals surface area contributed by atoms with Gasteiger partial charge in [0.1, 0.15) is 0 Å². The van der Waals surface area contributed by atoms with Crippen LogP contribution < -0.4 is 5.32 Å². The number of hydrogen-bond donors (Lipinski definition) is 3. The average Bonchev–Trinajstić information content (AvgIpc) is 2.43. The first-order valence-corrected chi connectivity index (χ1v) is 6.25. The fourth-order valence-corrected chi connectivity index (χ4v) is 1.56. The second-order valence-corrected chi connectivity index (χ2v) is 4.51. The summed E-state index contributed by atoms with van der Waals surface area (Å²) >= 11 is 0. The lowest BCUT2D eigenvalue weighted by Gasteiger charge is -2.19. The monoisotopic (exact) mass is 251 g/mol. The van der Waals surface area contributed by atoms with Gasteiger partial charge in [-0.25, -0.2) is 0 Å². The molecule has 100 valence electrons. The van der Waals surface area contributed by atoms with Crippen LogP contribution in [0.4, 0.5) is 0 Å². The molecule has 1 amide bonds. The molecule has 0 bridgehead atoms. The number of carbonyl (C=O) groups excluding carboxylic acids is 1. The van der Waals surface area contributed by atoms with Gasteiger partial charge in [-0.3, -0.25) is 4.79 Å². The molecule has 4 nitrogen and oxygen atoms in total. The quantitative estimate of drug-likeness (QED) is 0.712. The fraction of sp³-hybridized carbons (Fsp3) is 0.500. The molecule has 3 atom stereocenters. The standard InChI is InChI=1S/C14H21NO3/c1-3-10(2)12(16)9-15-14(18)13(17)11-7-5-4-6-8-11/h4-8,10,12-13,16-17H,3,9H2,1-2H3,(H,15,18). The van der Waals surface area contributed by atoms with Crippen molar-refractivity contribution in [3.63, 3.8) is 0 Å². The van der Waals surface area contributed by atoms with Gasteiger partial charge in [0.05, 0.1) is 6.10 Å². The van der Waals surface area contributed by atoms with Gasteiger partial charge in [0.25, 0.3) is 5.91 Å². The first-order chi connectivity index (χ1) is 8.56. The highest BCUT2D eigenvalue weighted by Crippen LogP contribution is 2.12. The summed E-state index contributed by atoms with van der Waals surface area (Å²) in [4.78, 5) is 11.7. The molecule has 0 heterocycles. The SMILES string of the molecule is CCC(C)C(O)CNC(=O)C(O)c1ccccc1. The summed E-state index contributed by atoms with van der Waals surface area (Å²) in [5.41, 5.74) is 0.549. The van der Waals surface area contributed by atoms with Gasteiger partial charge in [-0.15, -0.1) is 0 Å². The van der Waals surface area contributed by atoms with E-state index in [2.05, 4.69) is 5.32 Å². The minimum absolute atomic E-state index is 0.124. The Bertz CT molecular complexity index is 367. The lowest BCUT2D eigenvalue weighted by molar-refractivity contribution is -0.130. The van der Waals surface area contributed by atoms with E-state index in [4.69, 9.17) is 0 Å². The highest BCUT2D eigenvalue weighted by atomic mass is 16.3. The Labute approximate surface area is 108 Å². The number of aliphatic hydroxyl groups is 2. The molecule has 0 fully saturated rings. The second kappa shape index (κ2) is 7.13. The molecule has 3 N–H and O–H groups in total. The maximum Gasteiger partial charge on any atom is 0.253 e. The van der Waals surface area contributed by atoms with Crippen LogP contribution in [0, 0.1) is 5.92 Å². The maximum absolute atomic E-state index is 11.7. The Morgan fingerprint density at radius 1 is 1.28 bits per heavy atom. The summed E-state index contributed by atoms with van der Waals surface area (Å²) in [7, 11) is 0. The number of carbonyl (C=O) groups is 1. The number of rotatable bonds is 6. The molecule has 0 aliphatic carbocycles. The summed E-state index contributed by atoms with van der Waals surface area (Å²) in [6, 6.07) is 8.73. The summed E-state index contributed by atoms with van der Waals surface area (Å²) in [6.45, 7) is 4.07. The summed E-state index contributed by atoms with van der Waals surface area (Å²) < 4.78 is 0. The van der Waals surface area contributed by atoms with E-state index < -0.39 is 18.1 Å². The predicted molar refractivity (Wildman–Crippen MR) is 69.9 cm³/mol. The third kappa shape index (κ3) is 4.13. The smallest absolute Gasteiger partial charge is 0.253 e. The van der Waals surface area contributed by atoms with Crippen molar-refractivity contribution in [2.45, 2.75) is 32.5 Å². The number of benzene rings is 1. The van der Waals surface area contributed by atoms with Crippen molar-refractivity contribution in [1.82, 2.24) is 5.32 Å². The van der Waals surface area contributed by atoms with Crippen molar-refractivity contribution in [3.05, 3.63) is 35.9 Å². The van der Waals surface area contributed by atoms with Gasteiger partial charge in [0.15, 0.2) is 6.10 Å². The van der Waals surface area contributed by atoms with E-state index in [1.807, 2.05) is 19.9 Å². The normalized spacial score (nSPS) is 15.8. The third-order valence-electron chi connectivity index (χ3n) is 3.15. The lowest BCUT2D eigenvalue weighted by atomic mass is 10.0. The Balaban J connectivity index is 2.46. The molecule has 0 radical (unpaired) electrons. The van der Waals surface area contributed by atoms with Crippen LogP contribution in [0.3, 0.4) is 0 Å². The van der Waals surface area contributed by atoms with Crippen LogP contribution in [0.5, 0.6) is 0 Å². The Kier molecular flexibility index (Phi) is 5.82. The van der Waals surface area contributed by atoms with Crippen LogP contribution in [0.25, 0.3) is 0 Å². The minimum Gasteiger partial charge on any atom is -0.391 e. The van der Waals surface area contributed by atoms with Gasteiger partial charge >= 0.3 is 0 Å². The topological polar surface area (TPSA) is 69.6 Å². The number of hydrogen-bond acceptors (Lipinski definition) is 3. The van der Waals surface area contributed by atoms with E-state index in [1.165, 1.54) is 0 Å². The molecule has 0 aliphatic heterocycles. The van der Waals surface area contributed by atoms with Crippen molar-refractivity contribution in [3.8, 4) is 0 Å². The van der Waals surface area contributed by atoms with Crippen LogP contribution in [0.1, 0.15) is 31.9 Å². The molecule has 0 aliphatic rings. The van der Waals surface area contributed by atoms with Crippen LogP contribution in [-0.2, 0) is 4.79 Å². The highest BCUT2D eigenvalue weighted by Gasteiger charge is 2.19. The molecule has 3 unspecified atom stereocenters.